The van der Waals surface area contributed by atoms with Gasteiger partial charge in [-0.05, 0) is 12.8 Å². The van der Waals surface area contributed by atoms with Gasteiger partial charge >= 0.3 is 5.97 Å². The third-order valence-corrected chi connectivity index (χ3v) is 3.26. The second-order valence-corrected chi connectivity index (χ2v) is 4.45. The van der Waals surface area contributed by atoms with Gasteiger partial charge in [0.2, 0.25) is 11.8 Å². The number of carboxylic acid groups (broad SMARTS) is 1. The van der Waals surface area contributed by atoms with E-state index < -0.39 is 36.2 Å². The van der Waals surface area contributed by atoms with Crippen LogP contribution in [0.4, 0.5) is 0 Å². The van der Waals surface area contributed by atoms with Crippen LogP contribution >= 0.6 is 11.6 Å². The van der Waals surface area contributed by atoms with Crippen molar-refractivity contribution in [2.75, 3.05) is 6.54 Å². The van der Waals surface area contributed by atoms with Crippen LogP contribution in [0.1, 0.15) is 12.8 Å². The summed E-state index contributed by atoms with van der Waals surface area (Å²) < 4.78 is 0. The zero-order chi connectivity index (χ0) is 11.9. The number of aliphatic carboxylic acids is 1. The predicted molar refractivity (Wildman–Crippen MR) is 54.5 cm³/mol. The molecule has 2 atom stereocenters. The number of amides is 2. The first-order valence-corrected chi connectivity index (χ1v) is 5.30. The number of allylic oxidation sites excluding steroid dienone is 2. The first-order valence-electron chi connectivity index (χ1n) is 4.92. The fraction of sp³-hybridized carbons (Fsp3) is 0.500. The van der Waals surface area contributed by atoms with Gasteiger partial charge in [-0.25, -0.2) is 0 Å². The van der Waals surface area contributed by atoms with Crippen LogP contribution in [-0.2, 0) is 14.4 Å². The predicted octanol–water partition coefficient (Wildman–Crippen LogP) is 0.589. The molecule has 2 amide bonds. The quantitative estimate of drug-likeness (QED) is 0.721. The minimum Gasteiger partial charge on any atom is -0.480 e. The van der Waals surface area contributed by atoms with Gasteiger partial charge in [0.1, 0.15) is 6.54 Å². The van der Waals surface area contributed by atoms with Gasteiger partial charge < -0.3 is 5.11 Å². The number of hydrogen-bond acceptors (Lipinski definition) is 3. The van der Waals surface area contributed by atoms with Crippen LogP contribution in [0, 0.1) is 11.8 Å². The topological polar surface area (TPSA) is 74.7 Å². The van der Waals surface area contributed by atoms with Crippen molar-refractivity contribution in [3.63, 3.8) is 0 Å². The molecule has 0 aromatic carbocycles. The zero-order valence-corrected chi connectivity index (χ0v) is 9.11. The number of likely N-dealkylation sites (tertiary alicyclic amines) is 1. The lowest BCUT2D eigenvalue weighted by molar-refractivity contribution is -0.149. The van der Waals surface area contributed by atoms with Crippen LogP contribution in [-0.4, -0.2) is 34.3 Å². The van der Waals surface area contributed by atoms with Crippen LogP contribution in [0.25, 0.3) is 0 Å². The summed E-state index contributed by atoms with van der Waals surface area (Å²) in [7, 11) is 0. The Morgan fingerprint density at radius 2 is 2.06 bits per heavy atom. The van der Waals surface area contributed by atoms with Crippen molar-refractivity contribution in [2.24, 2.45) is 11.8 Å². The molecule has 1 fully saturated rings. The molecule has 1 heterocycles. The Morgan fingerprint density at radius 1 is 1.44 bits per heavy atom. The van der Waals surface area contributed by atoms with Crippen molar-refractivity contribution in [1.29, 1.82) is 0 Å². The summed E-state index contributed by atoms with van der Waals surface area (Å²) in [4.78, 5) is 34.9. The van der Waals surface area contributed by atoms with E-state index in [1.165, 1.54) is 0 Å². The Labute approximate surface area is 96.7 Å². The molecule has 86 valence electrons. The van der Waals surface area contributed by atoms with Gasteiger partial charge in [0.05, 0.1) is 11.8 Å². The lowest BCUT2D eigenvalue weighted by Gasteiger charge is -2.17. The molecule has 2 rings (SSSR count). The molecule has 0 aromatic heterocycles. The van der Waals surface area contributed by atoms with Gasteiger partial charge in [0.25, 0.3) is 0 Å². The molecule has 16 heavy (non-hydrogen) atoms. The summed E-state index contributed by atoms with van der Waals surface area (Å²) in [5.74, 6) is -2.88. The normalized spacial score (nSPS) is 29.1. The van der Waals surface area contributed by atoms with E-state index in [1.54, 1.807) is 6.08 Å². The van der Waals surface area contributed by atoms with E-state index in [9.17, 15) is 14.4 Å². The molecule has 0 saturated carbocycles. The molecule has 0 bridgehead atoms. The van der Waals surface area contributed by atoms with Crippen LogP contribution < -0.4 is 0 Å². The monoisotopic (exact) mass is 243 g/mol. The molecular weight excluding hydrogens is 234 g/mol. The average molecular weight is 244 g/mol. The van der Waals surface area contributed by atoms with Gasteiger partial charge in [-0.3, -0.25) is 19.3 Å². The van der Waals surface area contributed by atoms with Crippen molar-refractivity contribution >= 4 is 29.4 Å². The number of carboxylic acids is 1. The number of halogens is 1. The highest BCUT2D eigenvalue weighted by molar-refractivity contribution is 6.30. The fourth-order valence-corrected chi connectivity index (χ4v) is 2.44. The number of rotatable bonds is 2. The molecule has 1 aliphatic carbocycles. The maximum Gasteiger partial charge on any atom is 0.323 e. The Bertz CT molecular complexity index is 404. The second kappa shape index (κ2) is 3.90. The molecule has 0 aromatic rings. The van der Waals surface area contributed by atoms with Crippen LogP contribution in [0.5, 0.6) is 0 Å². The minimum atomic E-state index is -1.18. The smallest absolute Gasteiger partial charge is 0.323 e. The highest BCUT2D eigenvalue weighted by atomic mass is 35.5. The Kier molecular flexibility index (Phi) is 2.71. The van der Waals surface area contributed by atoms with Crippen molar-refractivity contribution in [3.8, 4) is 0 Å². The van der Waals surface area contributed by atoms with Gasteiger partial charge in [0.15, 0.2) is 0 Å². The third kappa shape index (κ3) is 1.71. The number of carbonyl (C=O) groups is 3. The minimum absolute atomic E-state index is 0.340. The van der Waals surface area contributed by atoms with Crippen molar-refractivity contribution in [1.82, 2.24) is 4.90 Å². The Hall–Kier alpha value is -1.36. The molecule has 5 nitrogen and oxygen atoms in total. The van der Waals surface area contributed by atoms with Gasteiger partial charge in [-0.15, -0.1) is 0 Å². The molecule has 0 unspecified atom stereocenters. The van der Waals surface area contributed by atoms with E-state index in [-0.39, 0.29) is 0 Å². The van der Waals surface area contributed by atoms with Gasteiger partial charge in [-0.2, -0.15) is 0 Å². The number of carbonyl (C=O) groups excluding carboxylic acids is 2. The van der Waals surface area contributed by atoms with Crippen LogP contribution in [0.15, 0.2) is 11.1 Å². The zero-order valence-electron chi connectivity index (χ0n) is 8.35. The lowest BCUT2D eigenvalue weighted by atomic mass is 9.85. The van der Waals surface area contributed by atoms with E-state index in [4.69, 9.17) is 16.7 Å². The maximum absolute atomic E-state index is 11.8. The summed E-state index contributed by atoms with van der Waals surface area (Å²) in [6.07, 6.45) is 2.48. The first kappa shape index (κ1) is 11.1. The van der Waals surface area contributed by atoms with Crippen molar-refractivity contribution in [2.45, 2.75) is 12.8 Å². The standard InChI is InChI=1S/C10H10ClNO4/c11-5-1-2-6-7(3-5)10(16)12(9(6)15)4-8(13)14/h1,6-7H,2-4H2,(H,13,14)/t6-,7+/m0/s1. The average Bonchev–Trinajstić information content (AvgIpc) is 2.43. The number of imide groups is 1. The maximum atomic E-state index is 11.8. The summed E-state index contributed by atoms with van der Waals surface area (Å²) in [5.41, 5.74) is 0. The molecule has 6 heteroatoms. The van der Waals surface area contributed by atoms with E-state index in [0.717, 1.165) is 4.90 Å². The van der Waals surface area contributed by atoms with Crippen LogP contribution in [0.3, 0.4) is 0 Å². The summed E-state index contributed by atoms with van der Waals surface area (Å²) in [6, 6.07) is 0. The molecule has 1 saturated heterocycles. The summed E-state index contributed by atoms with van der Waals surface area (Å²) in [6.45, 7) is -0.553. The molecule has 0 spiro atoms. The fourth-order valence-electron chi connectivity index (χ4n) is 2.19. The van der Waals surface area contributed by atoms with E-state index in [0.29, 0.717) is 17.9 Å². The Balaban J connectivity index is 2.21. The van der Waals surface area contributed by atoms with Crippen molar-refractivity contribution < 1.29 is 19.5 Å². The second-order valence-electron chi connectivity index (χ2n) is 3.96. The molecule has 1 aliphatic heterocycles. The molecular formula is C10H10ClNO4. The summed E-state index contributed by atoms with van der Waals surface area (Å²) >= 11 is 5.81. The van der Waals surface area contributed by atoms with E-state index >= 15 is 0 Å². The van der Waals surface area contributed by atoms with Gasteiger partial charge in [-0.1, -0.05) is 17.7 Å². The number of nitrogens with zero attached hydrogens (tertiary/aromatic N) is 1. The highest BCUT2D eigenvalue weighted by Crippen LogP contribution is 2.38. The van der Waals surface area contributed by atoms with E-state index in [2.05, 4.69) is 0 Å². The van der Waals surface area contributed by atoms with Crippen molar-refractivity contribution in [3.05, 3.63) is 11.1 Å². The SMILES string of the molecule is O=C(O)CN1C(=O)[C@H]2CC=C(Cl)C[C@H]2C1=O. The molecule has 1 N–H and O–H groups in total. The van der Waals surface area contributed by atoms with E-state index in [1.807, 2.05) is 0 Å². The lowest BCUT2D eigenvalue weighted by Crippen LogP contribution is -2.35. The Morgan fingerprint density at radius 3 is 2.69 bits per heavy atom. The largest absolute Gasteiger partial charge is 0.480 e. The number of fused-ring (bicyclic) bond motifs is 1. The summed E-state index contributed by atoms with van der Waals surface area (Å²) in [5, 5.41) is 9.18. The molecule has 0 radical (unpaired) electrons. The highest BCUT2D eigenvalue weighted by Gasteiger charge is 2.48. The third-order valence-electron chi connectivity index (χ3n) is 2.95. The first-order chi connectivity index (χ1) is 7.50. The van der Waals surface area contributed by atoms with Gasteiger partial charge in [0, 0.05) is 5.03 Å². The number of hydrogen-bond donors (Lipinski definition) is 1. The van der Waals surface area contributed by atoms with Crippen LogP contribution in [0.2, 0.25) is 0 Å². The molecule has 2 aliphatic rings.